The van der Waals surface area contributed by atoms with Gasteiger partial charge < -0.3 is 10.1 Å². The lowest BCUT2D eigenvalue weighted by molar-refractivity contribution is -0.137. The molecule has 1 aromatic heterocycles. The van der Waals surface area contributed by atoms with E-state index in [1.54, 1.807) is 0 Å². The maximum absolute atomic E-state index is 13.8. The maximum Gasteiger partial charge on any atom is 0.417 e. The minimum atomic E-state index is -4.82. The Hall–Kier alpha value is -4.06. The molecular weight excluding hydrogens is 453 g/mol. The molecule has 7 nitrogen and oxygen atoms in total. The normalized spacial score (nSPS) is 11.1. The van der Waals surface area contributed by atoms with Crippen LogP contribution in [0.15, 0.2) is 48.7 Å². The molecule has 1 heterocycles. The Kier molecular flexibility index (Phi) is 6.58. The van der Waals surface area contributed by atoms with Gasteiger partial charge in [-0.15, -0.1) is 0 Å². The number of alkyl halides is 3. The van der Waals surface area contributed by atoms with Crippen molar-refractivity contribution in [2.24, 2.45) is 0 Å². The highest BCUT2D eigenvalue weighted by Gasteiger charge is 2.33. The van der Waals surface area contributed by atoms with Crippen LogP contribution < -0.4 is 15.5 Å². The van der Waals surface area contributed by atoms with Gasteiger partial charge in [-0.05, 0) is 55.0 Å². The van der Waals surface area contributed by atoms with Crippen LogP contribution in [0.3, 0.4) is 0 Å². The Bertz CT molecular complexity index is 1230. The van der Waals surface area contributed by atoms with Crippen LogP contribution in [0.5, 0.6) is 11.6 Å². The molecule has 0 saturated carbocycles. The fourth-order valence-corrected chi connectivity index (χ4v) is 2.72. The number of aryl methyl sites for hydroxylation is 1. The van der Waals surface area contributed by atoms with Gasteiger partial charge in [-0.1, -0.05) is 0 Å². The van der Waals surface area contributed by atoms with Crippen LogP contribution in [-0.2, 0) is 6.18 Å². The first-order valence-electron chi connectivity index (χ1n) is 9.06. The zero-order valence-electron chi connectivity index (χ0n) is 16.6. The van der Waals surface area contributed by atoms with Gasteiger partial charge in [0.1, 0.15) is 22.9 Å². The molecule has 0 spiro atoms. The first kappa shape index (κ1) is 23.6. The highest BCUT2D eigenvalue weighted by atomic mass is 19.4. The number of amides is 2. The Labute approximate surface area is 182 Å². The molecule has 3 N–H and O–H groups in total. The van der Waals surface area contributed by atoms with E-state index < -0.39 is 52.2 Å². The number of ether oxygens (including phenoxy) is 1. The largest absolute Gasteiger partial charge is 0.438 e. The zero-order chi connectivity index (χ0) is 24.3. The summed E-state index contributed by atoms with van der Waals surface area (Å²) in [6.07, 6.45) is -4.36. The van der Waals surface area contributed by atoms with E-state index in [4.69, 9.17) is 9.94 Å². The van der Waals surface area contributed by atoms with Gasteiger partial charge in [-0.3, -0.25) is 14.8 Å². The number of hydroxylamine groups is 1. The summed E-state index contributed by atoms with van der Waals surface area (Å²) >= 11 is 0. The molecule has 3 rings (SSSR count). The lowest BCUT2D eigenvalue weighted by Crippen LogP contribution is -2.21. The quantitative estimate of drug-likeness (QED) is 0.283. The van der Waals surface area contributed by atoms with Gasteiger partial charge in [0, 0.05) is 11.9 Å². The van der Waals surface area contributed by atoms with Gasteiger partial charge >= 0.3 is 6.18 Å². The van der Waals surface area contributed by atoms with E-state index in [0.29, 0.717) is 17.8 Å². The molecule has 12 heteroatoms. The van der Waals surface area contributed by atoms with Crippen LogP contribution >= 0.6 is 0 Å². The number of rotatable bonds is 5. The van der Waals surface area contributed by atoms with E-state index in [2.05, 4.69) is 10.3 Å². The van der Waals surface area contributed by atoms with Gasteiger partial charge in [0.25, 0.3) is 11.8 Å². The van der Waals surface area contributed by atoms with Gasteiger partial charge in [-0.25, -0.2) is 19.2 Å². The lowest BCUT2D eigenvalue weighted by Gasteiger charge is -2.15. The van der Waals surface area contributed by atoms with Crippen molar-refractivity contribution >= 4 is 17.5 Å². The number of pyridine rings is 1. The highest BCUT2D eigenvalue weighted by Crippen LogP contribution is 2.33. The van der Waals surface area contributed by atoms with E-state index in [0.717, 1.165) is 30.3 Å². The van der Waals surface area contributed by atoms with Crippen molar-refractivity contribution in [1.82, 2.24) is 10.5 Å². The summed E-state index contributed by atoms with van der Waals surface area (Å²) in [5, 5.41) is 10.9. The Balaban J connectivity index is 2.00. The average Bonchev–Trinajstić information content (AvgIpc) is 2.75. The van der Waals surface area contributed by atoms with Gasteiger partial charge in [0.2, 0.25) is 5.88 Å². The number of benzene rings is 2. The monoisotopic (exact) mass is 467 g/mol. The predicted molar refractivity (Wildman–Crippen MR) is 104 cm³/mol. The molecule has 172 valence electrons. The third-order valence-electron chi connectivity index (χ3n) is 4.34. The molecule has 0 saturated heterocycles. The molecule has 0 aliphatic carbocycles. The Morgan fingerprint density at radius 3 is 2.36 bits per heavy atom. The van der Waals surface area contributed by atoms with Crippen LogP contribution in [0.25, 0.3) is 0 Å². The van der Waals surface area contributed by atoms with E-state index >= 15 is 0 Å². The molecule has 0 aliphatic rings. The molecule has 0 aliphatic heterocycles. The second-order valence-electron chi connectivity index (χ2n) is 6.68. The number of anilines is 1. The van der Waals surface area contributed by atoms with Crippen LogP contribution in [0.4, 0.5) is 27.6 Å². The number of halogens is 5. The summed E-state index contributed by atoms with van der Waals surface area (Å²) in [6, 6.07) is 6.61. The first-order chi connectivity index (χ1) is 15.5. The summed E-state index contributed by atoms with van der Waals surface area (Å²) in [5.74, 6) is -4.38. The minimum Gasteiger partial charge on any atom is -0.438 e. The standard InChI is InChI=1S/C21H14F5N3O4/c1-10-6-12(22)2-5-17(10)33-20-15(7-11(9-27-20)21(24,25)26)18(30)28-13-3-4-16(23)14(8-13)19(31)29-32/h2-9,32H,1H3,(H,28,30)(H,29,31). The average molecular weight is 467 g/mol. The summed E-state index contributed by atoms with van der Waals surface area (Å²) in [5.41, 5.74) is -1.14. The maximum atomic E-state index is 13.8. The number of nitrogens with zero attached hydrogens (tertiary/aromatic N) is 1. The number of aromatic nitrogens is 1. The van der Waals surface area contributed by atoms with Crippen molar-refractivity contribution in [3.63, 3.8) is 0 Å². The van der Waals surface area contributed by atoms with Crippen LogP contribution in [0, 0.1) is 18.6 Å². The second kappa shape index (κ2) is 9.20. The molecule has 0 atom stereocenters. The van der Waals surface area contributed by atoms with Crippen molar-refractivity contribution in [2.45, 2.75) is 13.1 Å². The summed E-state index contributed by atoms with van der Waals surface area (Å²) < 4.78 is 72.1. The second-order valence-corrected chi connectivity index (χ2v) is 6.68. The van der Waals surface area contributed by atoms with Gasteiger partial charge in [-0.2, -0.15) is 13.2 Å². The van der Waals surface area contributed by atoms with Crippen molar-refractivity contribution in [3.8, 4) is 11.6 Å². The molecule has 0 unspecified atom stereocenters. The fraction of sp³-hybridized carbons (Fsp3) is 0.0952. The molecule has 2 amide bonds. The van der Waals surface area contributed by atoms with E-state index in [1.807, 2.05) is 0 Å². The van der Waals surface area contributed by atoms with Crippen LogP contribution in [0.2, 0.25) is 0 Å². The molecule has 33 heavy (non-hydrogen) atoms. The van der Waals surface area contributed by atoms with Crippen molar-refractivity contribution in [2.75, 3.05) is 5.32 Å². The first-order valence-corrected chi connectivity index (χ1v) is 9.06. The Morgan fingerprint density at radius 1 is 1.00 bits per heavy atom. The summed E-state index contributed by atoms with van der Waals surface area (Å²) in [4.78, 5) is 27.9. The molecular formula is C21H14F5N3O4. The van der Waals surface area contributed by atoms with Crippen LogP contribution in [-0.4, -0.2) is 22.0 Å². The minimum absolute atomic E-state index is 0.0430. The summed E-state index contributed by atoms with van der Waals surface area (Å²) in [6.45, 7) is 1.48. The van der Waals surface area contributed by atoms with Crippen molar-refractivity contribution in [1.29, 1.82) is 0 Å². The molecule has 0 fully saturated rings. The van der Waals surface area contributed by atoms with E-state index in [1.165, 1.54) is 18.5 Å². The smallest absolute Gasteiger partial charge is 0.417 e. The number of hydrogen-bond donors (Lipinski definition) is 3. The predicted octanol–water partition coefficient (Wildman–Crippen LogP) is 4.85. The van der Waals surface area contributed by atoms with Crippen molar-refractivity contribution in [3.05, 3.63) is 82.5 Å². The number of carbonyl (C=O) groups is 2. The highest BCUT2D eigenvalue weighted by molar-refractivity contribution is 6.06. The molecule has 0 radical (unpaired) electrons. The van der Waals surface area contributed by atoms with Crippen molar-refractivity contribution < 1.29 is 41.5 Å². The lowest BCUT2D eigenvalue weighted by atomic mass is 10.1. The molecule has 0 bridgehead atoms. The number of hydrogen-bond acceptors (Lipinski definition) is 5. The third-order valence-corrected chi connectivity index (χ3v) is 4.34. The SMILES string of the molecule is Cc1cc(F)ccc1Oc1ncc(C(F)(F)F)cc1C(=O)Nc1ccc(F)c(C(=O)NO)c1. The molecule has 3 aromatic rings. The van der Waals surface area contributed by atoms with Gasteiger partial charge in [0.05, 0.1) is 11.1 Å². The topological polar surface area (TPSA) is 101 Å². The number of carbonyl (C=O) groups excluding carboxylic acids is 2. The van der Waals surface area contributed by atoms with E-state index in [-0.39, 0.29) is 11.4 Å². The number of nitrogens with one attached hydrogen (secondary N) is 2. The van der Waals surface area contributed by atoms with Gasteiger partial charge in [0.15, 0.2) is 0 Å². The van der Waals surface area contributed by atoms with E-state index in [9.17, 15) is 31.5 Å². The van der Waals surface area contributed by atoms with Crippen LogP contribution in [0.1, 0.15) is 31.8 Å². The third kappa shape index (κ3) is 5.41. The summed E-state index contributed by atoms with van der Waals surface area (Å²) in [7, 11) is 0. The Morgan fingerprint density at radius 2 is 1.73 bits per heavy atom. The molecule has 2 aromatic carbocycles. The fourth-order valence-electron chi connectivity index (χ4n) is 2.72. The zero-order valence-corrected chi connectivity index (χ0v) is 16.6.